The van der Waals surface area contributed by atoms with Crippen molar-refractivity contribution in [3.63, 3.8) is 0 Å². The van der Waals surface area contributed by atoms with Crippen molar-refractivity contribution >= 4 is 15.9 Å². The van der Waals surface area contributed by atoms with E-state index < -0.39 is 0 Å². The summed E-state index contributed by atoms with van der Waals surface area (Å²) in [4.78, 5) is 0. The molecule has 19 heavy (non-hydrogen) atoms. The number of halogens is 1. The normalized spacial score (nSPS) is 10.6. The molecular weight excluding hydrogens is 302 g/mol. The van der Waals surface area contributed by atoms with Gasteiger partial charge < -0.3 is 0 Å². The molecule has 3 nitrogen and oxygen atoms in total. The predicted octanol–water partition coefficient (Wildman–Crippen LogP) is 3.83. The van der Waals surface area contributed by atoms with Crippen molar-refractivity contribution in [2.75, 3.05) is 0 Å². The van der Waals surface area contributed by atoms with E-state index >= 15 is 0 Å². The van der Waals surface area contributed by atoms with E-state index in [1.807, 2.05) is 48.7 Å². The van der Waals surface area contributed by atoms with Gasteiger partial charge in [-0.05, 0) is 17.7 Å². The molecule has 0 radical (unpaired) electrons. The van der Waals surface area contributed by atoms with Crippen LogP contribution in [0.5, 0.6) is 0 Å². The maximum Gasteiger partial charge on any atom is 0.113 e. The Hall–Kier alpha value is -1.94. The van der Waals surface area contributed by atoms with Crippen molar-refractivity contribution in [3.8, 4) is 16.9 Å². The first-order valence-corrected chi connectivity index (χ1v) is 7.12. The molecule has 0 aliphatic rings. The molecule has 4 heteroatoms. The number of hydrogen-bond acceptors (Lipinski definition) is 2. The van der Waals surface area contributed by atoms with Gasteiger partial charge in [-0.25, -0.2) is 4.68 Å². The standard InChI is InChI=1S/C15H12BrN3/c16-10-12-6-4-5-9-14(12)15-11-19(18-17-15)13-7-2-1-3-8-13/h1-9,11H,10H2. The summed E-state index contributed by atoms with van der Waals surface area (Å²) < 4.78 is 1.79. The lowest BCUT2D eigenvalue weighted by Gasteiger charge is -2.02. The van der Waals surface area contributed by atoms with Crippen LogP contribution in [0.15, 0.2) is 60.8 Å². The number of rotatable bonds is 3. The maximum absolute atomic E-state index is 4.26. The number of hydrogen-bond donors (Lipinski definition) is 0. The van der Waals surface area contributed by atoms with E-state index in [0.29, 0.717) is 0 Å². The maximum atomic E-state index is 4.26. The summed E-state index contributed by atoms with van der Waals surface area (Å²) in [5, 5.41) is 9.26. The number of benzene rings is 2. The molecular formula is C15H12BrN3. The zero-order valence-electron chi connectivity index (χ0n) is 10.2. The minimum atomic E-state index is 0.807. The van der Waals surface area contributed by atoms with Crippen LogP contribution in [0.3, 0.4) is 0 Å². The molecule has 0 saturated carbocycles. The van der Waals surface area contributed by atoms with Crippen molar-refractivity contribution in [2.24, 2.45) is 0 Å². The third-order valence-corrected chi connectivity index (χ3v) is 3.56. The van der Waals surface area contributed by atoms with Gasteiger partial charge in [-0.15, -0.1) is 5.10 Å². The first-order chi connectivity index (χ1) is 9.38. The second-order valence-corrected chi connectivity index (χ2v) is 4.74. The summed E-state index contributed by atoms with van der Waals surface area (Å²) in [5.74, 6) is 0. The van der Waals surface area contributed by atoms with E-state index in [2.05, 4.69) is 38.4 Å². The first-order valence-electron chi connectivity index (χ1n) is 6.00. The van der Waals surface area contributed by atoms with Gasteiger partial charge in [0.15, 0.2) is 0 Å². The van der Waals surface area contributed by atoms with Gasteiger partial charge in [0.25, 0.3) is 0 Å². The fourth-order valence-electron chi connectivity index (χ4n) is 1.98. The second-order valence-electron chi connectivity index (χ2n) is 4.17. The Bertz CT molecular complexity index is 677. The lowest BCUT2D eigenvalue weighted by atomic mass is 10.1. The van der Waals surface area contributed by atoms with Crippen LogP contribution < -0.4 is 0 Å². The summed E-state index contributed by atoms with van der Waals surface area (Å²) >= 11 is 3.50. The predicted molar refractivity (Wildman–Crippen MR) is 79.4 cm³/mol. The molecule has 0 saturated heterocycles. The van der Waals surface area contributed by atoms with Crippen LogP contribution in [0, 0.1) is 0 Å². The molecule has 0 unspecified atom stereocenters. The smallest absolute Gasteiger partial charge is 0.113 e. The Morgan fingerprint density at radius 2 is 1.68 bits per heavy atom. The van der Waals surface area contributed by atoms with E-state index in [1.165, 1.54) is 5.56 Å². The second kappa shape index (κ2) is 5.36. The van der Waals surface area contributed by atoms with Crippen LogP contribution in [0.2, 0.25) is 0 Å². The van der Waals surface area contributed by atoms with Gasteiger partial charge in [0, 0.05) is 10.9 Å². The van der Waals surface area contributed by atoms with Crippen LogP contribution in [-0.4, -0.2) is 15.0 Å². The highest BCUT2D eigenvalue weighted by molar-refractivity contribution is 9.08. The molecule has 0 fully saturated rings. The van der Waals surface area contributed by atoms with E-state index in [4.69, 9.17) is 0 Å². The lowest BCUT2D eigenvalue weighted by molar-refractivity contribution is 0.804. The van der Waals surface area contributed by atoms with Gasteiger partial charge in [0.2, 0.25) is 0 Å². The Balaban J connectivity index is 2.02. The molecule has 0 aliphatic heterocycles. The summed E-state index contributed by atoms with van der Waals surface area (Å²) in [7, 11) is 0. The summed E-state index contributed by atoms with van der Waals surface area (Å²) in [6.07, 6.45) is 1.96. The minimum absolute atomic E-state index is 0.807. The summed E-state index contributed by atoms with van der Waals surface area (Å²) in [6.45, 7) is 0. The van der Waals surface area contributed by atoms with Crippen LogP contribution in [0.4, 0.5) is 0 Å². The molecule has 3 rings (SSSR count). The zero-order valence-corrected chi connectivity index (χ0v) is 11.8. The molecule has 1 aromatic heterocycles. The number of nitrogens with zero attached hydrogens (tertiary/aromatic N) is 3. The van der Waals surface area contributed by atoms with Gasteiger partial charge in [-0.1, -0.05) is 63.6 Å². The fourth-order valence-corrected chi connectivity index (χ4v) is 2.47. The fraction of sp³-hybridized carbons (Fsp3) is 0.0667. The zero-order chi connectivity index (χ0) is 13.1. The average molecular weight is 314 g/mol. The van der Waals surface area contributed by atoms with E-state index in [0.717, 1.165) is 22.3 Å². The van der Waals surface area contributed by atoms with Crippen molar-refractivity contribution in [1.82, 2.24) is 15.0 Å². The third kappa shape index (κ3) is 2.44. The molecule has 0 amide bonds. The highest BCUT2D eigenvalue weighted by Gasteiger charge is 2.08. The largest absolute Gasteiger partial charge is 0.220 e. The Morgan fingerprint density at radius 1 is 0.947 bits per heavy atom. The van der Waals surface area contributed by atoms with E-state index in [-0.39, 0.29) is 0 Å². The molecule has 2 aromatic carbocycles. The number of aromatic nitrogens is 3. The van der Waals surface area contributed by atoms with Crippen LogP contribution in [0.25, 0.3) is 16.9 Å². The molecule has 0 spiro atoms. The molecule has 0 bridgehead atoms. The molecule has 1 heterocycles. The molecule has 94 valence electrons. The van der Waals surface area contributed by atoms with Crippen molar-refractivity contribution in [1.29, 1.82) is 0 Å². The summed E-state index contributed by atoms with van der Waals surface area (Å²) in [5.41, 5.74) is 4.22. The van der Waals surface area contributed by atoms with Crippen LogP contribution >= 0.6 is 15.9 Å². The molecule has 0 N–H and O–H groups in total. The van der Waals surface area contributed by atoms with E-state index in [1.54, 1.807) is 4.68 Å². The first kappa shape index (κ1) is 12.1. The highest BCUT2D eigenvalue weighted by Crippen LogP contribution is 2.23. The SMILES string of the molecule is BrCc1ccccc1-c1cn(-c2ccccc2)nn1. The van der Waals surface area contributed by atoms with Gasteiger partial charge in [-0.3, -0.25) is 0 Å². The molecule has 3 aromatic rings. The molecule has 0 aliphatic carbocycles. The highest BCUT2D eigenvalue weighted by atomic mass is 79.9. The number of alkyl halides is 1. The van der Waals surface area contributed by atoms with Gasteiger partial charge in [-0.2, -0.15) is 0 Å². The van der Waals surface area contributed by atoms with Gasteiger partial charge in [0.1, 0.15) is 5.69 Å². The Labute approximate surface area is 120 Å². The Morgan fingerprint density at radius 3 is 2.47 bits per heavy atom. The van der Waals surface area contributed by atoms with Crippen LogP contribution in [-0.2, 0) is 5.33 Å². The monoisotopic (exact) mass is 313 g/mol. The van der Waals surface area contributed by atoms with Crippen molar-refractivity contribution in [3.05, 3.63) is 66.4 Å². The van der Waals surface area contributed by atoms with Gasteiger partial charge >= 0.3 is 0 Å². The summed E-state index contributed by atoms with van der Waals surface area (Å²) in [6, 6.07) is 18.2. The Kier molecular flexibility index (Phi) is 3.42. The molecule has 0 atom stereocenters. The van der Waals surface area contributed by atoms with Crippen molar-refractivity contribution < 1.29 is 0 Å². The quantitative estimate of drug-likeness (QED) is 0.688. The minimum Gasteiger partial charge on any atom is -0.220 e. The lowest BCUT2D eigenvalue weighted by Crippen LogP contribution is -1.93. The van der Waals surface area contributed by atoms with Gasteiger partial charge in [0.05, 0.1) is 11.9 Å². The van der Waals surface area contributed by atoms with Crippen molar-refractivity contribution in [2.45, 2.75) is 5.33 Å². The van der Waals surface area contributed by atoms with E-state index in [9.17, 15) is 0 Å². The topological polar surface area (TPSA) is 30.7 Å². The number of para-hydroxylation sites is 1. The average Bonchev–Trinajstić information content (AvgIpc) is 2.98. The third-order valence-electron chi connectivity index (χ3n) is 2.95. The van der Waals surface area contributed by atoms with Crippen LogP contribution in [0.1, 0.15) is 5.56 Å².